The molecule has 1 fully saturated rings. The van der Waals surface area contributed by atoms with E-state index in [0.717, 1.165) is 19.4 Å². The summed E-state index contributed by atoms with van der Waals surface area (Å²) in [6.45, 7) is 10.3. The van der Waals surface area contributed by atoms with Crippen LogP contribution in [0.2, 0.25) is 0 Å². The molecule has 2 unspecified atom stereocenters. The van der Waals surface area contributed by atoms with Gasteiger partial charge in [0.2, 0.25) is 5.91 Å². The van der Waals surface area contributed by atoms with Crippen molar-refractivity contribution < 1.29 is 9.53 Å². The summed E-state index contributed by atoms with van der Waals surface area (Å²) in [7, 11) is 0. The normalized spacial score (nSPS) is 26.9. The molecular weight excluding hydrogens is 216 g/mol. The lowest BCUT2D eigenvalue weighted by atomic mass is 9.95. The Bertz CT molecular complexity index is 248. The summed E-state index contributed by atoms with van der Waals surface area (Å²) in [5.41, 5.74) is -0.0450. The molecule has 0 aromatic rings. The summed E-state index contributed by atoms with van der Waals surface area (Å²) < 4.78 is 5.44. The number of rotatable bonds is 5. The third-order valence-corrected chi connectivity index (χ3v) is 3.50. The Labute approximate surface area is 104 Å². The molecule has 0 spiro atoms. The maximum atomic E-state index is 11.7. The lowest BCUT2D eigenvalue weighted by Gasteiger charge is -2.34. The van der Waals surface area contributed by atoms with Gasteiger partial charge in [-0.3, -0.25) is 4.79 Å². The van der Waals surface area contributed by atoms with Crippen LogP contribution in [0.3, 0.4) is 0 Å². The SMILES string of the molecule is CC(C)C(C)NC(=O)CNC1(C)CCCOC1. The van der Waals surface area contributed by atoms with Crippen molar-refractivity contribution in [3.63, 3.8) is 0 Å². The molecule has 4 nitrogen and oxygen atoms in total. The lowest BCUT2D eigenvalue weighted by molar-refractivity contribution is -0.121. The lowest BCUT2D eigenvalue weighted by Crippen LogP contribution is -2.53. The second kappa shape index (κ2) is 6.36. The Hall–Kier alpha value is -0.610. The van der Waals surface area contributed by atoms with Gasteiger partial charge in [0.25, 0.3) is 0 Å². The summed E-state index contributed by atoms with van der Waals surface area (Å²) in [6, 6.07) is 0.222. The van der Waals surface area contributed by atoms with E-state index < -0.39 is 0 Å². The van der Waals surface area contributed by atoms with Gasteiger partial charge in [0.1, 0.15) is 0 Å². The van der Waals surface area contributed by atoms with Gasteiger partial charge < -0.3 is 15.4 Å². The molecule has 1 heterocycles. The third-order valence-electron chi connectivity index (χ3n) is 3.50. The van der Waals surface area contributed by atoms with Crippen molar-refractivity contribution in [2.75, 3.05) is 19.8 Å². The second-order valence-electron chi connectivity index (χ2n) is 5.67. The Morgan fingerprint density at radius 1 is 1.41 bits per heavy atom. The molecule has 0 saturated carbocycles. The molecule has 0 bridgehead atoms. The molecule has 1 aliphatic rings. The van der Waals surface area contributed by atoms with E-state index in [1.807, 2.05) is 6.92 Å². The Kier molecular flexibility index (Phi) is 5.40. The first-order valence-corrected chi connectivity index (χ1v) is 6.55. The molecule has 2 atom stereocenters. The molecule has 17 heavy (non-hydrogen) atoms. The van der Waals surface area contributed by atoms with E-state index in [4.69, 9.17) is 4.74 Å². The topological polar surface area (TPSA) is 50.4 Å². The number of hydrogen-bond acceptors (Lipinski definition) is 3. The summed E-state index contributed by atoms with van der Waals surface area (Å²) in [5, 5.41) is 6.30. The van der Waals surface area contributed by atoms with Crippen molar-refractivity contribution in [3.05, 3.63) is 0 Å². The van der Waals surface area contributed by atoms with Crippen LogP contribution in [0.1, 0.15) is 40.5 Å². The zero-order valence-electron chi connectivity index (χ0n) is 11.5. The van der Waals surface area contributed by atoms with Gasteiger partial charge in [-0.2, -0.15) is 0 Å². The summed E-state index contributed by atoms with van der Waals surface area (Å²) in [6.07, 6.45) is 2.13. The molecule has 1 rings (SSSR count). The van der Waals surface area contributed by atoms with Crippen LogP contribution < -0.4 is 10.6 Å². The highest BCUT2D eigenvalue weighted by molar-refractivity contribution is 5.78. The number of carbonyl (C=O) groups is 1. The Morgan fingerprint density at radius 2 is 2.12 bits per heavy atom. The van der Waals surface area contributed by atoms with Gasteiger partial charge in [-0.1, -0.05) is 13.8 Å². The standard InChI is InChI=1S/C13H26N2O2/c1-10(2)11(3)15-12(16)8-14-13(4)6-5-7-17-9-13/h10-11,14H,5-9H2,1-4H3,(H,15,16). The molecule has 0 aliphatic carbocycles. The van der Waals surface area contributed by atoms with Crippen molar-refractivity contribution in [1.29, 1.82) is 0 Å². The number of ether oxygens (including phenoxy) is 1. The van der Waals surface area contributed by atoms with Crippen LogP contribution in [0.25, 0.3) is 0 Å². The highest BCUT2D eigenvalue weighted by Crippen LogP contribution is 2.17. The minimum atomic E-state index is -0.0450. The third kappa shape index (κ3) is 5.04. The van der Waals surface area contributed by atoms with Crippen molar-refractivity contribution >= 4 is 5.91 Å². The van der Waals surface area contributed by atoms with Gasteiger partial charge >= 0.3 is 0 Å². The van der Waals surface area contributed by atoms with Gasteiger partial charge in [-0.05, 0) is 32.6 Å². The molecule has 0 aromatic heterocycles. The molecule has 2 N–H and O–H groups in total. The summed E-state index contributed by atoms with van der Waals surface area (Å²) in [4.78, 5) is 11.7. The van der Waals surface area contributed by atoms with E-state index in [-0.39, 0.29) is 17.5 Å². The molecule has 1 aliphatic heterocycles. The van der Waals surface area contributed by atoms with Crippen molar-refractivity contribution in [1.82, 2.24) is 10.6 Å². The number of hydrogen-bond donors (Lipinski definition) is 2. The number of nitrogens with one attached hydrogen (secondary N) is 2. The van der Waals surface area contributed by atoms with Gasteiger partial charge in [-0.25, -0.2) is 0 Å². The van der Waals surface area contributed by atoms with E-state index in [2.05, 4.69) is 31.4 Å². The monoisotopic (exact) mass is 242 g/mol. The molecular formula is C13H26N2O2. The molecule has 4 heteroatoms. The minimum Gasteiger partial charge on any atom is -0.380 e. The zero-order valence-corrected chi connectivity index (χ0v) is 11.5. The maximum absolute atomic E-state index is 11.7. The predicted octanol–water partition coefficient (Wildman–Crippen LogP) is 1.31. The van der Waals surface area contributed by atoms with Crippen LogP contribution in [-0.4, -0.2) is 37.2 Å². The van der Waals surface area contributed by atoms with Gasteiger partial charge in [0, 0.05) is 18.2 Å². The predicted molar refractivity (Wildman–Crippen MR) is 68.9 cm³/mol. The van der Waals surface area contributed by atoms with Crippen LogP contribution in [0.15, 0.2) is 0 Å². The van der Waals surface area contributed by atoms with Crippen LogP contribution >= 0.6 is 0 Å². The van der Waals surface area contributed by atoms with Crippen LogP contribution in [0.4, 0.5) is 0 Å². The summed E-state index contributed by atoms with van der Waals surface area (Å²) >= 11 is 0. The van der Waals surface area contributed by atoms with E-state index >= 15 is 0 Å². The highest BCUT2D eigenvalue weighted by Gasteiger charge is 2.27. The quantitative estimate of drug-likeness (QED) is 0.764. The largest absolute Gasteiger partial charge is 0.380 e. The fraction of sp³-hybridized carbons (Fsp3) is 0.923. The first kappa shape index (κ1) is 14.5. The van der Waals surface area contributed by atoms with E-state index in [1.165, 1.54) is 0 Å². The molecule has 1 amide bonds. The average Bonchev–Trinajstić information content (AvgIpc) is 2.27. The smallest absolute Gasteiger partial charge is 0.234 e. The van der Waals surface area contributed by atoms with Gasteiger partial charge in [0.05, 0.1) is 13.2 Å². The van der Waals surface area contributed by atoms with Crippen molar-refractivity contribution in [3.8, 4) is 0 Å². The van der Waals surface area contributed by atoms with Crippen LogP contribution in [-0.2, 0) is 9.53 Å². The Morgan fingerprint density at radius 3 is 2.65 bits per heavy atom. The summed E-state index contributed by atoms with van der Waals surface area (Å²) in [5.74, 6) is 0.533. The Balaban J connectivity index is 2.27. The molecule has 100 valence electrons. The fourth-order valence-electron chi connectivity index (χ4n) is 1.84. The van der Waals surface area contributed by atoms with Crippen molar-refractivity contribution in [2.24, 2.45) is 5.92 Å². The number of carbonyl (C=O) groups excluding carboxylic acids is 1. The molecule has 0 aromatic carbocycles. The fourth-order valence-corrected chi connectivity index (χ4v) is 1.84. The van der Waals surface area contributed by atoms with Gasteiger partial charge in [-0.15, -0.1) is 0 Å². The van der Waals surface area contributed by atoms with Crippen LogP contribution in [0, 0.1) is 5.92 Å². The van der Waals surface area contributed by atoms with Gasteiger partial charge in [0.15, 0.2) is 0 Å². The number of amides is 1. The van der Waals surface area contributed by atoms with Crippen LogP contribution in [0.5, 0.6) is 0 Å². The van der Waals surface area contributed by atoms with E-state index in [1.54, 1.807) is 0 Å². The van der Waals surface area contributed by atoms with E-state index in [9.17, 15) is 4.79 Å². The first-order chi connectivity index (χ1) is 7.93. The maximum Gasteiger partial charge on any atom is 0.234 e. The average molecular weight is 242 g/mol. The second-order valence-corrected chi connectivity index (χ2v) is 5.67. The zero-order chi connectivity index (χ0) is 12.9. The molecule has 0 radical (unpaired) electrons. The highest BCUT2D eigenvalue weighted by atomic mass is 16.5. The first-order valence-electron chi connectivity index (χ1n) is 6.55. The minimum absolute atomic E-state index is 0.0450. The van der Waals surface area contributed by atoms with Crippen molar-refractivity contribution in [2.45, 2.75) is 52.1 Å². The molecule has 1 saturated heterocycles. The van der Waals surface area contributed by atoms with E-state index in [0.29, 0.717) is 19.1 Å².